The second kappa shape index (κ2) is 8.93. The van der Waals surface area contributed by atoms with Crippen LogP contribution in [0.1, 0.15) is 16.9 Å². The van der Waals surface area contributed by atoms with E-state index in [2.05, 4.69) is 11.9 Å². The molecule has 0 atom stereocenters. The molecule has 2 aromatic heterocycles. The molecule has 1 amide bonds. The Morgan fingerprint density at radius 3 is 2.73 bits per heavy atom. The summed E-state index contributed by atoms with van der Waals surface area (Å²) in [6.45, 7) is 4.07. The number of nitrogens with zero attached hydrogens (tertiary/aromatic N) is 2. The highest BCUT2D eigenvalue weighted by atomic mass is 35.5. The molecule has 1 aliphatic carbocycles. The van der Waals surface area contributed by atoms with E-state index in [0.717, 1.165) is 29.7 Å². The molecule has 3 aromatic rings. The standard InChI is InChI=1S/C20H16Cl3N3O2S2/c1-2-6-26-19(28)16-11-4-3-5-14(11)30-18(16)25-20(26)29-9-15(27)24-17-12(22)7-10(21)8-13(17)23/h2,7-8H,1,3-6,9H2,(H,24,27). The van der Waals surface area contributed by atoms with E-state index in [9.17, 15) is 9.59 Å². The normalized spacial score (nSPS) is 12.9. The van der Waals surface area contributed by atoms with Gasteiger partial charge in [-0.25, -0.2) is 4.98 Å². The Morgan fingerprint density at radius 2 is 2.03 bits per heavy atom. The Hall–Kier alpha value is -1.51. The van der Waals surface area contributed by atoms with Crippen molar-refractivity contribution in [2.75, 3.05) is 11.1 Å². The van der Waals surface area contributed by atoms with Gasteiger partial charge in [0.15, 0.2) is 5.16 Å². The number of nitrogens with one attached hydrogen (secondary N) is 1. The summed E-state index contributed by atoms with van der Waals surface area (Å²) in [5, 5.41) is 4.77. The van der Waals surface area contributed by atoms with Crippen LogP contribution in [0.15, 0.2) is 34.7 Å². The van der Waals surface area contributed by atoms with E-state index in [1.54, 1.807) is 22.0 Å². The molecule has 1 N–H and O–H groups in total. The highest BCUT2D eigenvalue weighted by Gasteiger charge is 2.23. The van der Waals surface area contributed by atoms with Crippen LogP contribution in [0.2, 0.25) is 15.1 Å². The summed E-state index contributed by atoms with van der Waals surface area (Å²) in [5.41, 5.74) is 1.35. The van der Waals surface area contributed by atoms with Crippen LogP contribution in [0.5, 0.6) is 0 Å². The minimum absolute atomic E-state index is 0.0372. The van der Waals surface area contributed by atoms with Crippen LogP contribution < -0.4 is 10.9 Å². The van der Waals surface area contributed by atoms with E-state index in [4.69, 9.17) is 39.8 Å². The number of rotatable bonds is 6. The fourth-order valence-electron chi connectivity index (χ4n) is 3.43. The molecule has 10 heteroatoms. The molecule has 1 aliphatic rings. The van der Waals surface area contributed by atoms with Crippen LogP contribution in [-0.2, 0) is 24.2 Å². The van der Waals surface area contributed by atoms with Crippen molar-refractivity contribution in [2.45, 2.75) is 31.0 Å². The lowest BCUT2D eigenvalue weighted by Crippen LogP contribution is -2.24. The Balaban J connectivity index is 1.59. The molecule has 5 nitrogen and oxygen atoms in total. The third-order valence-electron chi connectivity index (χ3n) is 4.71. The molecule has 2 heterocycles. The van der Waals surface area contributed by atoms with Gasteiger partial charge in [0, 0.05) is 16.4 Å². The van der Waals surface area contributed by atoms with Gasteiger partial charge in [0.25, 0.3) is 5.56 Å². The number of amides is 1. The maximum atomic E-state index is 13.1. The van der Waals surface area contributed by atoms with Crippen molar-refractivity contribution in [3.05, 3.63) is 60.6 Å². The van der Waals surface area contributed by atoms with Crippen LogP contribution in [-0.4, -0.2) is 21.2 Å². The molecular weight excluding hydrogens is 485 g/mol. The molecule has 0 aliphatic heterocycles. The first kappa shape index (κ1) is 21.7. The summed E-state index contributed by atoms with van der Waals surface area (Å²) in [6, 6.07) is 3.01. The zero-order valence-electron chi connectivity index (χ0n) is 15.6. The number of thiophene rings is 1. The van der Waals surface area contributed by atoms with Gasteiger partial charge >= 0.3 is 0 Å². The van der Waals surface area contributed by atoms with Crippen LogP contribution in [0, 0.1) is 0 Å². The quantitative estimate of drug-likeness (QED) is 0.263. The van der Waals surface area contributed by atoms with Crippen molar-refractivity contribution in [2.24, 2.45) is 0 Å². The summed E-state index contributed by atoms with van der Waals surface area (Å²) in [7, 11) is 0. The van der Waals surface area contributed by atoms with E-state index >= 15 is 0 Å². The number of anilines is 1. The molecule has 0 bridgehead atoms. The zero-order chi connectivity index (χ0) is 21.4. The van der Waals surface area contributed by atoms with E-state index in [0.29, 0.717) is 27.8 Å². The van der Waals surface area contributed by atoms with Gasteiger partial charge in [0.05, 0.1) is 26.9 Å². The molecule has 0 spiro atoms. The molecular formula is C20H16Cl3N3O2S2. The highest BCUT2D eigenvalue weighted by molar-refractivity contribution is 7.99. The first-order valence-electron chi connectivity index (χ1n) is 9.12. The van der Waals surface area contributed by atoms with Crippen molar-refractivity contribution in [1.82, 2.24) is 9.55 Å². The van der Waals surface area contributed by atoms with Crippen molar-refractivity contribution in [3.63, 3.8) is 0 Å². The molecule has 156 valence electrons. The highest BCUT2D eigenvalue weighted by Crippen LogP contribution is 2.36. The Labute approximate surface area is 196 Å². The molecule has 0 radical (unpaired) electrons. The third kappa shape index (κ3) is 4.14. The fraction of sp³-hybridized carbons (Fsp3) is 0.250. The molecule has 0 saturated carbocycles. The lowest BCUT2D eigenvalue weighted by atomic mass is 10.2. The first-order valence-corrected chi connectivity index (χ1v) is 12.1. The van der Waals surface area contributed by atoms with Crippen molar-refractivity contribution in [1.29, 1.82) is 0 Å². The number of hydrogen-bond donors (Lipinski definition) is 1. The number of allylic oxidation sites excluding steroid dienone is 1. The average Bonchev–Trinajstić information content (AvgIpc) is 3.26. The molecule has 0 fully saturated rings. The average molecular weight is 501 g/mol. The maximum Gasteiger partial charge on any atom is 0.263 e. The summed E-state index contributed by atoms with van der Waals surface area (Å²) in [4.78, 5) is 32.3. The number of carbonyl (C=O) groups excluding carboxylic acids is 1. The van der Waals surface area contributed by atoms with Crippen molar-refractivity contribution < 1.29 is 4.79 Å². The summed E-state index contributed by atoms with van der Waals surface area (Å²) in [5.74, 6) is -0.283. The van der Waals surface area contributed by atoms with Gasteiger partial charge in [-0.15, -0.1) is 17.9 Å². The molecule has 1 aromatic carbocycles. The molecule has 30 heavy (non-hydrogen) atoms. The number of benzene rings is 1. The predicted octanol–water partition coefficient (Wildman–Crippen LogP) is 5.82. The number of halogens is 3. The van der Waals surface area contributed by atoms with Crippen LogP contribution in [0.25, 0.3) is 10.2 Å². The Morgan fingerprint density at radius 1 is 1.30 bits per heavy atom. The molecule has 4 rings (SSSR count). The van der Waals surface area contributed by atoms with E-state index in [1.807, 2.05) is 0 Å². The van der Waals surface area contributed by atoms with E-state index in [-0.39, 0.29) is 27.3 Å². The second-order valence-corrected chi connectivity index (χ2v) is 9.99. The van der Waals surface area contributed by atoms with Gasteiger partial charge in [0.1, 0.15) is 4.83 Å². The largest absolute Gasteiger partial charge is 0.323 e. The van der Waals surface area contributed by atoms with Gasteiger partial charge in [-0.05, 0) is 37.0 Å². The van der Waals surface area contributed by atoms with Crippen molar-refractivity contribution in [3.8, 4) is 0 Å². The summed E-state index contributed by atoms with van der Waals surface area (Å²) in [6.07, 6.45) is 4.63. The lowest BCUT2D eigenvalue weighted by Gasteiger charge is -2.12. The van der Waals surface area contributed by atoms with Crippen LogP contribution >= 0.6 is 57.9 Å². The van der Waals surface area contributed by atoms with E-state index < -0.39 is 0 Å². The third-order valence-corrected chi connectivity index (χ3v) is 7.68. The predicted molar refractivity (Wildman–Crippen MR) is 127 cm³/mol. The first-order chi connectivity index (χ1) is 14.4. The zero-order valence-corrected chi connectivity index (χ0v) is 19.5. The van der Waals surface area contributed by atoms with Gasteiger partial charge < -0.3 is 5.32 Å². The van der Waals surface area contributed by atoms with Crippen LogP contribution in [0.3, 0.4) is 0 Å². The summed E-state index contributed by atoms with van der Waals surface area (Å²) < 4.78 is 1.57. The number of aromatic nitrogens is 2. The molecule has 0 saturated heterocycles. The SMILES string of the molecule is C=CCn1c(SCC(=O)Nc2c(Cl)cc(Cl)cc2Cl)nc2sc3c(c2c1=O)CCC3. The monoisotopic (exact) mass is 499 g/mol. The topological polar surface area (TPSA) is 64.0 Å². The van der Waals surface area contributed by atoms with Gasteiger partial charge in [0.2, 0.25) is 5.91 Å². The number of aryl methyl sites for hydroxylation is 2. The maximum absolute atomic E-state index is 13.1. The van der Waals surface area contributed by atoms with Crippen LogP contribution in [0.4, 0.5) is 5.69 Å². The van der Waals surface area contributed by atoms with Gasteiger partial charge in [-0.3, -0.25) is 14.2 Å². The number of carbonyl (C=O) groups is 1. The minimum atomic E-state index is -0.320. The fourth-order valence-corrected chi connectivity index (χ4v) is 6.45. The number of thioether (sulfide) groups is 1. The van der Waals surface area contributed by atoms with E-state index in [1.165, 1.54) is 28.8 Å². The summed E-state index contributed by atoms with van der Waals surface area (Å²) >= 11 is 20.9. The lowest BCUT2D eigenvalue weighted by molar-refractivity contribution is -0.113. The smallest absolute Gasteiger partial charge is 0.263 e. The minimum Gasteiger partial charge on any atom is -0.323 e. The van der Waals surface area contributed by atoms with Crippen molar-refractivity contribution >= 4 is 79.7 Å². The molecule has 0 unspecified atom stereocenters. The second-order valence-electron chi connectivity index (χ2n) is 6.72. The van der Waals surface area contributed by atoms with Gasteiger partial charge in [-0.2, -0.15) is 0 Å². The van der Waals surface area contributed by atoms with Gasteiger partial charge in [-0.1, -0.05) is 52.6 Å². The number of fused-ring (bicyclic) bond motifs is 3. The Bertz CT molecular complexity index is 1210. The Kier molecular flexibility index (Phi) is 6.46. The number of hydrogen-bond acceptors (Lipinski definition) is 5.